The van der Waals surface area contributed by atoms with E-state index < -0.39 is 0 Å². The summed E-state index contributed by atoms with van der Waals surface area (Å²) in [5, 5.41) is 0. The van der Waals surface area contributed by atoms with E-state index in [4.69, 9.17) is 9.47 Å². The van der Waals surface area contributed by atoms with Crippen LogP contribution < -0.4 is 0 Å². The molecule has 0 spiro atoms. The van der Waals surface area contributed by atoms with E-state index in [2.05, 4.69) is 81.8 Å². The molecule has 0 saturated carbocycles. The zero-order valence-electron chi connectivity index (χ0n) is 29.2. The molecule has 2 fully saturated rings. The minimum atomic E-state index is 0.243. The van der Waals surface area contributed by atoms with E-state index in [9.17, 15) is 4.79 Å². The number of unbranched alkanes of at least 4 members (excludes halogenated alkanes) is 2. The van der Waals surface area contributed by atoms with Gasteiger partial charge >= 0.3 is 0 Å². The first-order chi connectivity index (χ1) is 20.7. The molecule has 0 bridgehead atoms. The number of fused-ring (bicyclic) bond motifs is 1. The molecule has 2 aliphatic heterocycles. The van der Waals surface area contributed by atoms with Gasteiger partial charge in [-0.25, -0.2) is 0 Å². The maximum Gasteiger partial charge on any atom is 0.231 e. The summed E-state index contributed by atoms with van der Waals surface area (Å²) in [7, 11) is 0. The largest absolute Gasteiger partial charge is 0.454 e. The normalized spacial score (nSPS) is 21.3. The van der Waals surface area contributed by atoms with Gasteiger partial charge in [-0.05, 0) is 95.8 Å². The Morgan fingerprint density at radius 3 is 2.37 bits per heavy atom. The quantitative estimate of drug-likeness (QED) is 0.253. The van der Waals surface area contributed by atoms with Crippen molar-refractivity contribution in [1.82, 2.24) is 4.90 Å². The van der Waals surface area contributed by atoms with E-state index in [1.807, 2.05) is 33.0 Å². The number of nitrogens with zero attached hydrogens (tertiary/aromatic N) is 2. The van der Waals surface area contributed by atoms with E-state index in [0.29, 0.717) is 31.2 Å². The highest BCUT2D eigenvalue weighted by atomic mass is 16.7. The Labute approximate surface area is 264 Å². The summed E-state index contributed by atoms with van der Waals surface area (Å²) < 4.78 is 11.2. The number of benzene rings is 1. The zero-order valence-corrected chi connectivity index (χ0v) is 29.2. The third kappa shape index (κ3) is 14.1. The second-order valence-corrected chi connectivity index (χ2v) is 11.8. The molecule has 2 saturated heterocycles. The van der Waals surface area contributed by atoms with Crippen molar-refractivity contribution in [3.63, 3.8) is 0 Å². The van der Waals surface area contributed by atoms with Crippen LogP contribution in [0.5, 0.6) is 0 Å². The molecule has 3 atom stereocenters. The van der Waals surface area contributed by atoms with E-state index in [1.165, 1.54) is 36.0 Å². The van der Waals surface area contributed by atoms with Gasteiger partial charge in [-0.15, -0.1) is 0 Å². The lowest BCUT2D eigenvalue weighted by molar-refractivity contribution is -0.118. The highest BCUT2D eigenvalue weighted by molar-refractivity contribution is 5.82. The molecular weight excluding hydrogens is 532 g/mol. The first-order valence-electron chi connectivity index (χ1n) is 16.8. The lowest BCUT2D eigenvalue weighted by atomic mass is 9.81. The van der Waals surface area contributed by atoms with Gasteiger partial charge in [0.2, 0.25) is 6.79 Å². The smallest absolute Gasteiger partial charge is 0.231 e. The number of hydrogen-bond donors (Lipinski definition) is 0. The minimum absolute atomic E-state index is 0.243. The first kappa shape index (κ1) is 38.4. The van der Waals surface area contributed by atoms with Crippen molar-refractivity contribution in [2.75, 3.05) is 19.9 Å². The summed E-state index contributed by atoms with van der Waals surface area (Å²) in [6.07, 6.45) is 15.5. The number of carbonyl (C=O) groups is 1. The Hall–Kier alpha value is -2.66. The van der Waals surface area contributed by atoms with Gasteiger partial charge in [0.15, 0.2) is 11.5 Å². The van der Waals surface area contributed by atoms with Gasteiger partial charge < -0.3 is 9.47 Å². The number of hydrogen-bond acceptors (Lipinski definition) is 5. The third-order valence-corrected chi connectivity index (χ3v) is 8.01. The van der Waals surface area contributed by atoms with Crippen molar-refractivity contribution in [2.24, 2.45) is 16.8 Å². The summed E-state index contributed by atoms with van der Waals surface area (Å²) in [6, 6.07) is 9.06. The maximum atomic E-state index is 11.8. The van der Waals surface area contributed by atoms with Crippen LogP contribution in [0.1, 0.15) is 118 Å². The highest BCUT2D eigenvalue weighted by Crippen LogP contribution is 2.41. The fourth-order valence-corrected chi connectivity index (χ4v) is 5.79. The van der Waals surface area contributed by atoms with Crippen LogP contribution in [0.25, 0.3) is 0 Å². The maximum absolute atomic E-state index is 11.8. The van der Waals surface area contributed by atoms with E-state index in [1.54, 1.807) is 6.92 Å². The molecule has 0 N–H and O–H groups in total. The number of ether oxygens (including phenoxy) is 2. The van der Waals surface area contributed by atoms with Crippen molar-refractivity contribution < 1.29 is 14.3 Å². The van der Waals surface area contributed by atoms with Crippen molar-refractivity contribution >= 4 is 11.5 Å². The predicted octanol–water partition coefficient (Wildman–Crippen LogP) is 10.0. The first-order valence-corrected chi connectivity index (χ1v) is 16.8. The standard InChI is InChI=1S/C22H32N2O3.C9H12.C5H12.C2H6/c1-5-8-23-16(3)6-7-20-10-19(13-24(20)12-17(4)25)18-9-15(2)22-21(11-18)26-14-27-22;1-3-9-6-4-5-8(2)7-9;1-3-5-4-2;1-2/h5,8,11,18-20H,6-7,9-10,12-14H2,1-4H3;4-7H,3H2,1-2H3;3-5H2,1-2H3;1-2H3/b8-5-,23-16?;;;. The second-order valence-electron chi connectivity index (χ2n) is 11.8. The molecule has 3 aliphatic rings. The molecule has 43 heavy (non-hydrogen) atoms. The van der Waals surface area contributed by atoms with Gasteiger partial charge in [-0.3, -0.25) is 14.7 Å². The lowest BCUT2D eigenvalue weighted by Crippen LogP contribution is -2.34. The van der Waals surface area contributed by atoms with Crippen molar-refractivity contribution in [3.05, 3.63) is 70.8 Å². The van der Waals surface area contributed by atoms with Crippen molar-refractivity contribution in [1.29, 1.82) is 0 Å². The predicted molar refractivity (Wildman–Crippen MR) is 184 cm³/mol. The highest BCUT2D eigenvalue weighted by Gasteiger charge is 2.38. The summed E-state index contributed by atoms with van der Waals surface area (Å²) in [4.78, 5) is 18.6. The van der Waals surface area contributed by atoms with Crippen LogP contribution in [-0.4, -0.2) is 42.3 Å². The average Bonchev–Trinajstić information content (AvgIpc) is 3.64. The number of carbonyl (C=O) groups excluding carboxylic acids is 1. The fraction of sp³-hybridized carbons (Fsp3) is 0.632. The van der Waals surface area contributed by atoms with Crippen LogP contribution in [0.2, 0.25) is 0 Å². The molecule has 0 radical (unpaired) electrons. The molecule has 0 aromatic heterocycles. The summed E-state index contributed by atoms with van der Waals surface area (Å²) in [6.45, 7) is 22.5. The molecule has 2 heterocycles. The van der Waals surface area contributed by atoms with Gasteiger partial charge in [0.1, 0.15) is 5.78 Å². The fourth-order valence-electron chi connectivity index (χ4n) is 5.79. The lowest BCUT2D eigenvalue weighted by Gasteiger charge is -2.25. The Kier molecular flexibility index (Phi) is 19.6. The van der Waals surface area contributed by atoms with Crippen molar-refractivity contribution in [2.45, 2.75) is 127 Å². The number of aryl methyl sites for hydroxylation is 2. The number of aliphatic imine (C=N–C) groups is 1. The Balaban J connectivity index is 0.000000474. The van der Waals surface area contributed by atoms with Crippen LogP contribution in [0.4, 0.5) is 0 Å². The van der Waals surface area contributed by atoms with Crippen LogP contribution >= 0.6 is 0 Å². The summed E-state index contributed by atoms with van der Waals surface area (Å²) in [5.41, 5.74) is 5.22. The van der Waals surface area contributed by atoms with E-state index in [0.717, 1.165) is 55.9 Å². The Morgan fingerprint density at radius 2 is 1.81 bits per heavy atom. The molecule has 1 aromatic rings. The number of allylic oxidation sites excluding steroid dienone is 3. The topological polar surface area (TPSA) is 51.1 Å². The Morgan fingerprint density at radius 1 is 1.09 bits per heavy atom. The number of ketones is 1. The minimum Gasteiger partial charge on any atom is -0.454 e. The molecule has 4 rings (SSSR count). The molecule has 242 valence electrons. The van der Waals surface area contributed by atoms with Crippen LogP contribution in [0.3, 0.4) is 0 Å². The van der Waals surface area contributed by atoms with Gasteiger partial charge in [0.05, 0.1) is 6.54 Å². The Bertz CT molecular complexity index is 1070. The molecule has 5 heteroatoms. The number of rotatable bonds is 10. The second kappa shape index (κ2) is 21.9. The van der Waals surface area contributed by atoms with Gasteiger partial charge in [-0.2, -0.15) is 0 Å². The average molecular weight is 595 g/mol. The SMILES string of the molecule is C/C=C\N=C(C)CCC1CC(C2C=C3OCOC3=C(C)C2)CN1CC(C)=O.CC.CCCCC.CCc1cccc(C)c1. The van der Waals surface area contributed by atoms with Crippen LogP contribution in [0, 0.1) is 18.8 Å². The van der Waals surface area contributed by atoms with E-state index >= 15 is 0 Å². The third-order valence-electron chi connectivity index (χ3n) is 8.01. The molecule has 5 nitrogen and oxygen atoms in total. The molecule has 1 aromatic carbocycles. The summed E-state index contributed by atoms with van der Waals surface area (Å²) >= 11 is 0. The van der Waals surface area contributed by atoms with Gasteiger partial charge in [-0.1, -0.05) is 89.8 Å². The molecular formula is C38H62N2O3. The van der Waals surface area contributed by atoms with Gasteiger partial charge in [0.25, 0.3) is 0 Å². The number of likely N-dealkylation sites (tertiary alicyclic amines) is 1. The van der Waals surface area contributed by atoms with Gasteiger partial charge in [0, 0.05) is 24.5 Å². The summed E-state index contributed by atoms with van der Waals surface area (Å²) in [5.74, 6) is 3.11. The zero-order chi connectivity index (χ0) is 32.2. The van der Waals surface area contributed by atoms with Crippen LogP contribution in [-0.2, 0) is 20.7 Å². The monoisotopic (exact) mass is 594 g/mol. The number of Topliss-reactive ketones (excluding diaryl/α,β-unsaturated/α-hetero) is 1. The van der Waals surface area contributed by atoms with E-state index in [-0.39, 0.29) is 5.78 Å². The van der Waals surface area contributed by atoms with Crippen molar-refractivity contribution in [3.8, 4) is 0 Å². The van der Waals surface area contributed by atoms with Crippen LogP contribution in [0.15, 0.2) is 64.7 Å². The molecule has 0 amide bonds. The molecule has 1 aliphatic carbocycles. The molecule has 3 unspecified atom stereocenters.